The van der Waals surface area contributed by atoms with E-state index in [0.717, 1.165) is 0 Å². The highest BCUT2D eigenvalue weighted by molar-refractivity contribution is 7.20. The lowest BCUT2D eigenvalue weighted by atomic mass is 10.6. The quantitative estimate of drug-likeness (QED) is 0.550. The first-order chi connectivity index (χ1) is 4.47. The number of oxazole rings is 1. The van der Waals surface area contributed by atoms with Crippen LogP contribution in [0.5, 0.6) is 0 Å². The summed E-state index contributed by atoms with van der Waals surface area (Å²) in [5.74, 6) is 0. The van der Waals surface area contributed by atoms with E-state index in [1.54, 1.807) is 6.20 Å². The lowest BCUT2D eigenvalue weighted by molar-refractivity contribution is 0.593. The minimum atomic E-state index is 0.576. The van der Waals surface area contributed by atoms with Crippen molar-refractivity contribution < 1.29 is 4.42 Å². The Balaban J connectivity index is 2.95. The maximum Gasteiger partial charge on any atom is 0.253 e. The Morgan fingerprint density at radius 2 is 2.56 bits per heavy atom. The van der Waals surface area contributed by atoms with Crippen LogP contribution in [0.15, 0.2) is 17.0 Å². The van der Waals surface area contributed by atoms with Crippen molar-refractivity contribution in [1.82, 2.24) is 14.5 Å². The third-order valence-electron chi connectivity index (χ3n) is 0.942. The lowest BCUT2D eigenvalue weighted by Crippen LogP contribution is -1.68. The number of hydrogen-bond acceptors (Lipinski definition) is 4. The van der Waals surface area contributed by atoms with Gasteiger partial charge in [0.25, 0.3) is 5.71 Å². The minimum Gasteiger partial charge on any atom is -0.425 e. The first-order valence-corrected chi connectivity index (χ1v) is 3.14. The first kappa shape index (κ1) is 4.82. The van der Waals surface area contributed by atoms with Gasteiger partial charge in [0, 0.05) is 0 Å². The van der Waals surface area contributed by atoms with Crippen molar-refractivity contribution in [2.24, 2.45) is 0 Å². The zero-order chi connectivity index (χ0) is 6.10. The predicted molar refractivity (Wildman–Crippen MR) is 32.1 cm³/mol. The summed E-state index contributed by atoms with van der Waals surface area (Å²) < 4.78 is 12.6. The number of hydrogen-bond donors (Lipinski definition) is 0. The Labute approximate surface area is 52.2 Å². The third kappa shape index (κ3) is 0.678. The second-order valence-electron chi connectivity index (χ2n) is 1.48. The molecule has 0 aromatic carbocycles. The number of nitrogens with zero attached hydrogens (tertiary/aromatic N) is 3. The van der Waals surface area contributed by atoms with Crippen LogP contribution in [0.4, 0.5) is 0 Å². The molecule has 0 aliphatic heterocycles. The van der Waals surface area contributed by atoms with E-state index in [1.807, 2.05) is 0 Å². The highest BCUT2D eigenvalue weighted by atomic mass is 31.1. The van der Waals surface area contributed by atoms with E-state index in [-0.39, 0.29) is 0 Å². The van der Waals surface area contributed by atoms with Gasteiger partial charge in [-0.25, -0.2) is 9.73 Å². The van der Waals surface area contributed by atoms with Crippen molar-refractivity contribution in [3.8, 4) is 0 Å². The maximum absolute atomic E-state index is 4.88. The van der Waals surface area contributed by atoms with E-state index >= 15 is 0 Å². The molecule has 0 saturated carbocycles. The van der Waals surface area contributed by atoms with Crippen molar-refractivity contribution in [3.63, 3.8) is 0 Å². The van der Waals surface area contributed by atoms with Gasteiger partial charge in [-0.3, -0.25) is 0 Å². The second kappa shape index (κ2) is 1.74. The van der Waals surface area contributed by atoms with Crippen LogP contribution >= 0.6 is 8.51 Å². The third-order valence-corrected chi connectivity index (χ3v) is 1.43. The van der Waals surface area contributed by atoms with Crippen molar-refractivity contribution in [1.29, 1.82) is 0 Å². The van der Waals surface area contributed by atoms with Crippen LogP contribution in [-0.4, -0.2) is 14.5 Å². The molecule has 0 amide bonds. The lowest BCUT2D eigenvalue weighted by Gasteiger charge is -1.76. The molecule has 0 atom stereocenters. The molecule has 5 heteroatoms. The topological polar surface area (TPSA) is 51.8 Å². The van der Waals surface area contributed by atoms with Crippen molar-refractivity contribution >= 4 is 19.7 Å². The first-order valence-electron chi connectivity index (χ1n) is 2.34. The van der Waals surface area contributed by atoms with Crippen molar-refractivity contribution in [3.05, 3.63) is 12.6 Å². The predicted octanol–water partition coefficient (Wildman–Crippen LogP) is 1.20. The molecule has 0 bridgehead atoms. The Morgan fingerprint density at radius 3 is 3.44 bits per heavy atom. The van der Waals surface area contributed by atoms with E-state index in [9.17, 15) is 0 Å². The molecule has 9 heavy (non-hydrogen) atoms. The molecule has 4 nitrogen and oxygen atoms in total. The molecule has 2 heterocycles. The molecule has 2 aromatic heterocycles. The van der Waals surface area contributed by atoms with E-state index in [1.165, 1.54) is 6.39 Å². The fourth-order valence-corrected chi connectivity index (χ4v) is 1.00. The van der Waals surface area contributed by atoms with E-state index in [4.69, 9.17) is 4.42 Å². The van der Waals surface area contributed by atoms with Gasteiger partial charge in [0.15, 0.2) is 14.9 Å². The Hall–Kier alpha value is -1.02. The molecular weight excluding hydrogens is 137 g/mol. The van der Waals surface area contributed by atoms with Gasteiger partial charge in [-0.2, -0.15) is 4.75 Å². The van der Waals surface area contributed by atoms with Gasteiger partial charge in [0.2, 0.25) is 0 Å². The van der Waals surface area contributed by atoms with Crippen LogP contribution in [0.3, 0.4) is 0 Å². The van der Waals surface area contributed by atoms with Crippen LogP contribution in [0.2, 0.25) is 0 Å². The summed E-state index contributed by atoms with van der Waals surface area (Å²) in [5, 5.41) is 0. The maximum atomic E-state index is 4.88. The summed E-state index contributed by atoms with van der Waals surface area (Å²) in [4.78, 5) is 3.84. The van der Waals surface area contributed by atoms with Crippen LogP contribution < -0.4 is 0 Å². The van der Waals surface area contributed by atoms with Gasteiger partial charge in [-0.05, 0) is 0 Å². The van der Waals surface area contributed by atoms with E-state index in [2.05, 4.69) is 14.5 Å². The summed E-state index contributed by atoms with van der Waals surface area (Å²) >= 11 is 0. The molecule has 0 unspecified atom stereocenters. The Morgan fingerprint density at radius 1 is 1.56 bits per heavy atom. The van der Waals surface area contributed by atoms with Gasteiger partial charge >= 0.3 is 0 Å². The summed E-state index contributed by atoms with van der Waals surface area (Å²) in [6.07, 6.45) is 3.01. The van der Waals surface area contributed by atoms with Crippen LogP contribution in [-0.2, 0) is 0 Å². The molecule has 0 spiro atoms. The summed E-state index contributed by atoms with van der Waals surface area (Å²) in [6.45, 7) is 0. The molecule has 0 aliphatic carbocycles. The normalized spacial score (nSPS) is 11.1. The number of fused-ring (bicyclic) bond motifs is 1. The van der Waals surface area contributed by atoms with Crippen molar-refractivity contribution in [2.45, 2.75) is 0 Å². The minimum absolute atomic E-state index is 0.576. The number of aromatic nitrogens is 3. The van der Waals surface area contributed by atoms with Crippen LogP contribution in [0, 0.1) is 0 Å². The van der Waals surface area contributed by atoms with Gasteiger partial charge in [0.1, 0.15) is 5.52 Å². The average molecular weight is 139 g/mol. The largest absolute Gasteiger partial charge is 0.425 e. The molecule has 2 rings (SSSR count). The van der Waals surface area contributed by atoms with E-state index < -0.39 is 0 Å². The Kier molecular flexibility index (Phi) is 0.932. The molecule has 0 saturated heterocycles. The highest BCUT2D eigenvalue weighted by Gasteiger charge is 1.94. The van der Waals surface area contributed by atoms with Gasteiger partial charge in [0.05, 0.1) is 6.20 Å². The molecule has 2 aromatic rings. The zero-order valence-electron chi connectivity index (χ0n) is 4.35. The van der Waals surface area contributed by atoms with Crippen LogP contribution in [0.25, 0.3) is 11.2 Å². The molecule has 0 radical (unpaired) electrons. The van der Waals surface area contributed by atoms with Gasteiger partial charge in [-0.15, -0.1) is 0 Å². The summed E-state index contributed by atoms with van der Waals surface area (Å²) in [6, 6.07) is 0. The standard InChI is InChI=1S/C4H2N3OP/c1-3-4(7-9-6-1)8-2-5-3/h1-2H. The molecular formula is C4H2N3OP. The molecule has 0 N–H and O–H groups in total. The van der Waals surface area contributed by atoms with Crippen molar-refractivity contribution in [2.75, 3.05) is 0 Å². The fourth-order valence-electron chi connectivity index (χ4n) is 0.559. The molecule has 0 fully saturated rings. The van der Waals surface area contributed by atoms with Gasteiger partial charge < -0.3 is 4.42 Å². The monoisotopic (exact) mass is 139 g/mol. The van der Waals surface area contributed by atoms with Gasteiger partial charge in [-0.1, -0.05) is 0 Å². The zero-order valence-corrected chi connectivity index (χ0v) is 5.25. The smallest absolute Gasteiger partial charge is 0.253 e. The second-order valence-corrected chi connectivity index (χ2v) is 2.09. The highest BCUT2D eigenvalue weighted by Crippen LogP contribution is 2.07. The Bertz CT molecular complexity index is 290. The fraction of sp³-hybridized carbons (Fsp3) is 0. The summed E-state index contributed by atoms with van der Waals surface area (Å²) in [5.41, 5.74) is 1.29. The van der Waals surface area contributed by atoms with E-state index in [0.29, 0.717) is 19.7 Å². The number of rotatable bonds is 0. The molecule has 44 valence electrons. The SMILES string of the molecule is c1nc2cnpnc2o1. The van der Waals surface area contributed by atoms with Crippen LogP contribution in [0.1, 0.15) is 0 Å². The summed E-state index contributed by atoms with van der Waals surface area (Å²) in [7, 11) is 0.675. The molecule has 0 aliphatic rings. The average Bonchev–Trinajstić information content (AvgIpc) is 2.33.